The van der Waals surface area contributed by atoms with E-state index in [-0.39, 0.29) is 0 Å². The number of nitrogens with zero attached hydrogens (tertiary/aromatic N) is 2. The van der Waals surface area contributed by atoms with Gasteiger partial charge in [0.1, 0.15) is 0 Å². The third-order valence-electron chi connectivity index (χ3n) is 5.39. The fraction of sp³-hybridized carbons (Fsp3) is 0.130. The Kier molecular flexibility index (Phi) is 3.89. The van der Waals surface area contributed by atoms with Gasteiger partial charge in [0.15, 0.2) is 0 Å². The number of hydrogen-bond acceptors (Lipinski definition) is 3. The highest BCUT2D eigenvalue weighted by Gasteiger charge is 2.24. The van der Waals surface area contributed by atoms with Gasteiger partial charge in [0.25, 0.3) is 10.0 Å². The second-order valence-corrected chi connectivity index (χ2v) is 9.11. The minimum absolute atomic E-state index is 0.302. The molecule has 0 radical (unpaired) electrons. The highest BCUT2D eigenvalue weighted by molar-refractivity contribution is 7.90. The maximum Gasteiger partial charge on any atom is 0.268 e. The molecule has 140 valence electrons. The molecule has 4 nitrogen and oxygen atoms in total. The first-order chi connectivity index (χ1) is 13.5. The minimum atomic E-state index is -3.70. The molecule has 0 unspecified atom stereocenters. The molecule has 1 aliphatic rings. The number of aromatic nitrogens is 1. The average Bonchev–Trinajstić information content (AvgIpc) is 3.31. The molecular formula is C23H20N2O2S. The van der Waals surface area contributed by atoms with Crippen molar-refractivity contribution in [3.8, 4) is 0 Å². The van der Waals surface area contributed by atoms with Crippen molar-refractivity contribution in [2.24, 2.45) is 0 Å². The molecule has 28 heavy (non-hydrogen) atoms. The van der Waals surface area contributed by atoms with E-state index in [9.17, 15) is 8.42 Å². The SMILES string of the molecule is CN1CC=C(c2cn(S(=O)(=O)c3ccc4ccccc4c3)c3ccccc23)C1. The first-order valence-corrected chi connectivity index (χ1v) is 10.7. The predicted molar refractivity (Wildman–Crippen MR) is 114 cm³/mol. The minimum Gasteiger partial charge on any atom is -0.298 e. The van der Waals surface area contributed by atoms with Crippen molar-refractivity contribution in [1.82, 2.24) is 8.87 Å². The lowest BCUT2D eigenvalue weighted by molar-refractivity contribution is 0.439. The van der Waals surface area contributed by atoms with Crippen LogP contribution < -0.4 is 0 Å². The number of para-hydroxylation sites is 1. The number of likely N-dealkylation sites (N-methyl/N-ethyl adjacent to an activating group) is 1. The molecule has 0 N–H and O–H groups in total. The van der Waals surface area contributed by atoms with Crippen LogP contribution in [0, 0.1) is 0 Å². The molecule has 5 rings (SSSR count). The van der Waals surface area contributed by atoms with Gasteiger partial charge in [-0.3, -0.25) is 4.90 Å². The molecule has 0 saturated heterocycles. The van der Waals surface area contributed by atoms with Gasteiger partial charge in [-0.25, -0.2) is 12.4 Å². The summed E-state index contributed by atoms with van der Waals surface area (Å²) in [6, 6.07) is 20.8. The Hall–Kier alpha value is -2.89. The Labute approximate surface area is 164 Å². The van der Waals surface area contributed by atoms with Gasteiger partial charge in [-0.15, -0.1) is 0 Å². The molecule has 0 spiro atoms. The summed E-state index contributed by atoms with van der Waals surface area (Å²) in [6.07, 6.45) is 3.95. The summed E-state index contributed by atoms with van der Waals surface area (Å²) in [4.78, 5) is 2.51. The molecule has 4 aromatic rings. The summed E-state index contributed by atoms with van der Waals surface area (Å²) in [5.41, 5.74) is 2.87. The van der Waals surface area contributed by atoms with E-state index in [1.807, 2.05) is 54.6 Å². The molecule has 1 aromatic heterocycles. The normalized spacial score (nSPS) is 15.4. The van der Waals surface area contributed by atoms with E-state index in [1.54, 1.807) is 18.3 Å². The summed E-state index contributed by atoms with van der Waals surface area (Å²) >= 11 is 0. The van der Waals surface area contributed by atoms with Gasteiger partial charge < -0.3 is 0 Å². The molecule has 3 aromatic carbocycles. The average molecular weight is 388 g/mol. The standard InChI is InChI=1S/C23H20N2O2S/c1-24-13-12-19(15-24)22-16-25(23-9-5-4-8-21(22)23)28(26,27)20-11-10-17-6-2-3-7-18(17)14-20/h2-12,14,16H,13,15H2,1H3. The smallest absolute Gasteiger partial charge is 0.268 e. The Morgan fingerprint density at radius 3 is 2.43 bits per heavy atom. The van der Waals surface area contributed by atoms with Gasteiger partial charge >= 0.3 is 0 Å². The second-order valence-electron chi connectivity index (χ2n) is 7.30. The zero-order valence-corrected chi connectivity index (χ0v) is 16.4. The number of hydrogen-bond donors (Lipinski definition) is 0. The zero-order chi connectivity index (χ0) is 19.3. The van der Waals surface area contributed by atoms with E-state index in [4.69, 9.17) is 0 Å². The van der Waals surface area contributed by atoms with Crippen LogP contribution in [0.5, 0.6) is 0 Å². The third-order valence-corrected chi connectivity index (χ3v) is 7.06. The fourth-order valence-electron chi connectivity index (χ4n) is 3.93. The monoisotopic (exact) mass is 388 g/mol. The van der Waals surface area contributed by atoms with E-state index >= 15 is 0 Å². The van der Waals surface area contributed by atoms with Gasteiger partial charge in [-0.05, 0) is 41.6 Å². The van der Waals surface area contributed by atoms with Gasteiger partial charge in [-0.1, -0.05) is 54.6 Å². The molecule has 0 fully saturated rings. The first-order valence-electron chi connectivity index (χ1n) is 9.26. The third kappa shape index (κ3) is 2.66. The van der Waals surface area contributed by atoms with Crippen molar-refractivity contribution in [2.75, 3.05) is 20.1 Å². The maximum atomic E-state index is 13.5. The zero-order valence-electron chi connectivity index (χ0n) is 15.5. The summed E-state index contributed by atoms with van der Waals surface area (Å²) in [5, 5.41) is 2.91. The van der Waals surface area contributed by atoms with Gasteiger partial charge in [0.05, 0.1) is 10.4 Å². The van der Waals surface area contributed by atoms with Crippen LogP contribution >= 0.6 is 0 Å². The summed E-state index contributed by atoms with van der Waals surface area (Å²) in [7, 11) is -1.64. The van der Waals surface area contributed by atoms with E-state index in [2.05, 4.69) is 18.0 Å². The Balaban J connectivity index is 1.71. The molecule has 0 atom stereocenters. The molecule has 2 heterocycles. The number of fused-ring (bicyclic) bond motifs is 2. The summed E-state index contributed by atoms with van der Waals surface area (Å²) in [5.74, 6) is 0. The molecule has 0 saturated carbocycles. The highest BCUT2D eigenvalue weighted by atomic mass is 32.2. The lowest BCUT2D eigenvalue weighted by Crippen LogP contribution is -2.13. The van der Waals surface area contributed by atoms with Crippen LogP contribution in [-0.2, 0) is 10.0 Å². The van der Waals surface area contributed by atoms with Gasteiger partial charge in [-0.2, -0.15) is 0 Å². The highest BCUT2D eigenvalue weighted by Crippen LogP contribution is 2.32. The van der Waals surface area contributed by atoms with Gasteiger partial charge in [0, 0.05) is 30.2 Å². The van der Waals surface area contributed by atoms with Crippen LogP contribution in [0.1, 0.15) is 5.56 Å². The van der Waals surface area contributed by atoms with E-state index in [1.165, 1.54) is 9.55 Å². The Bertz CT molecular complexity index is 1350. The molecular weight excluding hydrogens is 368 g/mol. The Morgan fingerprint density at radius 1 is 0.893 bits per heavy atom. The Morgan fingerprint density at radius 2 is 1.64 bits per heavy atom. The van der Waals surface area contributed by atoms with E-state index in [0.29, 0.717) is 10.4 Å². The molecule has 0 bridgehead atoms. The second kappa shape index (κ2) is 6.33. The quantitative estimate of drug-likeness (QED) is 0.524. The van der Waals surface area contributed by atoms with Crippen LogP contribution in [0.3, 0.4) is 0 Å². The van der Waals surface area contributed by atoms with Crippen molar-refractivity contribution >= 4 is 37.3 Å². The first kappa shape index (κ1) is 17.2. The number of benzene rings is 3. The van der Waals surface area contributed by atoms with Crippen LogP contribution in [0.15, 0.2) is 83.9 Å². The van der Waals surface area contributed by atoms with Crippen molar-refractivity contribution in [2.45, 2.75) is 4.90 Å². The van der Waals surface area contributed by atoms with Crippen LogP contribution in [-0.4, -0.2) is 37.4 Å². The van der Waals surface area contributed by atoms with E-state index in [0.717, 1.165) is 34.8 Å². The lowest BCUT2D eigenvalue weighted by Gasteiger charge is -2.09. The largest absolute Gasteiger partial charge is 0.298 e. The van der Waals surface area contributed by atoms with Gasteiger partial charge in [0.2, 0.25) is 0 Å². The topological polar surface area (TPSA) is 42.3 Å². The maximum absolute atomic E-state index is 13.5. The predicted octanol–water partition coefficient (Wildman–Crippen LogP) is 4.36. The van der Waals surface area contributed by atoms with Crippen molar-refractivity contribution in [1.29, 1.82) is 0 Å². The summed E-state index contributed by atoms with van der Waals surface area (Å²) < 4.78 is 28.5. The lowest BCUT2D eigenvalue weighted by atomic mass is 10.1. The van der Waals surface area contributed by atoms with Crippen molar-refractivity contribution in [3.63, 3.8) is 0 Å². The van der Waals surface area contributed by atoms with Crippen LogP contribution in [0.25, 0.3) is 27.2 Å². The molecule has 0 aliphatic carbocycles. The van der Waals surface area contributed by atoms with E-state index < -0.39 is 10.0 Å². The van der Waals surface area contributed by atoms with Crippen molar-refractivity contribution in [3.05, 3.63) is 84.6 Å². The van der Waals surface area contributed by atoms with Crippen LogP contribution in [0.2, 0.25) is 0 Å². The van der Waals surface area contributed by atoms with Crippen LogP contribution in [0.4, 0.5) is 0 Å². The summed E-state index contributed by atoms with van der Waals surface area (Å²) in [6.45, 7) is 1.70. The van der Waals surface area contributed by atoms with Crippen molar-refractivity contribution < 1.29 is 8.42 Å². The number of rotatable bonds is 3. The molecule has 0 amide bonds. The molecule has 5 heteroatoms. The fourth-order valence-corrected chi connectivity index (χ4v) is 5.33. The molecule has 1 aliphatic heterocycles.